The van der Waals surface area contributed by atoms with Crippen LogP contribution in [0.2, 0.25) is 0 Å². The van der Waals surface area contributed by atoms with Gasteiger partial charge in [0.05, 0.1) is 4.92 Å². The van der Waals surface area contributed by atoms with Crippen molar-refractivity contribution < 1.29 is 14.5 Å². The number of amides is 1. The normalized spacial score (nSPS) is 12.4. The fourth-order valence-corrected chi connectivity index (χ4v) is 2.06. The SMILES string of the molecule is Cc1cc(C)c([N+](=O)[O-])cc1NC(C)CNC(=O)OC(C)(C)C. The van der Waals surface area contributed by atoms with Crippen LogP contribution < -0.4 is 10.6 Å². The van der Waals surface area contributed by atoms with Crippen LogP contribution in [0.3, 0.4) is 0 Å². The number of hydrogen-bond donors (Lipinski definition) is 2. The Morgan fingerprint density at radius 1 is 1.30 bits per heavy atom. The van der Waals surface area contributed by atoms with Crippen molar-refractivity contribution in [2.75, 3.05) is 11.9 Å². The maximum Gasteiger partial charge on any atom is 0.407 e. The summed E-state index contributed by atoms with van der Waals surface area (Å²) in [6, 6.07) is 3.19. The third-order valence-electron chi connectivity index (χ3n) is 3.09. The number of alkyl carbamates (subject to hydrolysis) is 1. The van der Waals surface area contributed by atoms with E-state index in [4.69, 9.17) is 4.74 Å². The van der Waals surface area contributed by atoms with Crippen molar-refractivity contribution in [2.24, 2.45) is 0 Å². The molecule has 1 unspecified atom stereocenters. The number of nitro benzene ring substituents is 1. The second kappa shape index (κ2) is 7.30. The zero-order valence-corrected chi connectivity index (χ0v) is 14.5. The van der Waals surface area contributed by atoms with Gasteiger partial charge in [-0.3, -0.25) is 10.1 Å². The van der Waals surface area contributed by atoms with Crippen LogP contribution in [-0.4, -0.2) is 29.2 Å². The molecule has 0 saturated heterocycles. The number of aryl methyl sites for hydroxylation is 2. The third-order valence-corrected chi connectivity index (χ3v) is 3.09. The summed E-state index contributed by atoms with van der Waals surface area (Å²) in [4.78, 5) is 22.2. The van der Waals surface area contributed by atoms with Crippen molar-refractivity contribution in [2.45, 2.75) is 53.2 Å². The van der Waals surface area contributed by atoms with Gasteiger partial charge in [0.2, 0.25) is 0 Å². The second-order valence-corrected chi connectivity index (χ2v) is 6.64. The number of hydrogen-bond acceptors (Lipinski definition) is 5. The van der Waals surface area contributed by atoms with Crippen LogP contribution in [0.25, 0.3) is 0 Å². The molecule has 0 bridgehead atoms. The first-order valence-electron chi connectivity index (χ1n) is 7.48. The summed E-state index contributed by atoms with van der Waals surface area (Å²) in [6.45, 7) is 11.2. The van der Waals surface area contributed by atoms with E-state index in [2.05, 4.69) is 10.6 Å². The quantitative estimate of drug-likeness (QED) is 0.638. The summed E-state index contributed by atoms with van der Waals surface area (Å²) in [5.74, 6) is 0. The Kier molecular flexibility index (Phi) is 5.95. The average molecular weight is 323 g/mol. The topological polar surface area (TPSA) is 93.5 Å². The Bertz CT molecular complexity index is 594. The van der Waals surface area contributed by atoms with Gasteiger partial charge in [0.25, 0.3) is 5.69 Å². The number of rotatable bonds is 5. The number of benzene rings is 1. The molecule has 0 aliphatic carbocycles. The van der Waals surface area contributed by atoms with E-state index in [1.165, 1.54) is 6.07 Å². The summed E-state index contributed by atoms with van der Waals surface area (Å²) in [5, 5.41) is 16.9. The second-order valence-electron chi connectivity index (χ2n) is 6.64. The van der Waals surface area contributed by atoms with Gasteiger partial charge in [-0.25, -0.2) is 4.79 Å². The molecule has 1 amide bonds. The van der Waals surface area contributed by atoms with E-state index < -0.39 is 16.6 Å². The van der Waals surface area contributed by atoms with Gasteiger partial charge < -0.3 is 15.4 Å². The Morgan fingerprint density at radius 2 is 1.91 bits per heavy atom. The number of carbonyl (C=O) groups is 1. The van der Waals surface area contributed by atoms with E-state index in [9.17, 15) is 14.9 Å². The van der Waals surface area contributed by atoms with Crippen molar-refractivity contribution in [3.05, 3.63) is 33.4 Å². The smallest absolute Gasteiger partial charge is 0.407 e. The fourth-order valence-electron chi connectivity index (χ4n) is 2.06. The Labute approximate surface area is 136 Å². The van der Waals surface area contributed by atoms with Crippen LogP contribution in [0.1, 0.15) is 38.8 Å². The van der Waals surface area contributed by atoms with Crippen LogP contribution in [0.4, 0.5) is 16.2 Å². The van der Waals surface area contributed by atoms with Crippen molar-refractivity contribution in [3.8, 4) is 0 Å². The molecule has 0 saturated carbocycles. The summed E-state index contributed by atoms with van der Waals surface area (Å²) < 4.78 is 5.16. The first-order chi connectivity index (χ1) is 10.5. The Morgan fingerprint density at radius 3 is 2.43 bits per heavy atom. The summed E-state index contributed by atoms with van der Waals surface area (Å²) in [5.41, 5.74) is 1.75. The zero-order chi connectivity index (χ0) is 17.8. The highest BCUT2D eigenvalue weighted by Crippen LogP contribution is 2.26. The van der Waals surface area contributed by atoms with Crippen LogP contribution in [0.5, 0.6) is 0 Å². The molecule has 7 nitrogen and oxygen atoms in total. The van der Waals surface area contributed by atoms with Crippen molar-refractivity contribution in [1.29, 1.82) is 0 Å². The molecule has 0 aromatic heterocycles. The Balaban J connectivity index is 2.67. The monoisotopic (exact) mass is 323 g/mol. The van der Waals surface area contributed by atoms with Crippen LogP contribution in [0, 0.1) is 24.0 Å². The number of carbonyl (C=O) groups excluding carboxylic acids is 1. The zero-order valence-electron chi connectivity index (χ0n) is 14.5. The molecule has 0 fully saturated rings. The highest BCUT2D eigenvalue weighted by Gasteiger charge is 2.17. The lowest BCUT2D eigenvalue weighted by Crippen LogP contribution is -2.38. The maximum absolute atomic E-state index is 11.6. The van der Waals surface area contributed by atoms with Crippen LogP contribution >= 0.6 is 0 Å². The molecule has 128 valence electrons. The van der Waals surface area contributed by atoms with Gasteiger partial charge in [0.1, 0.15) is 5.60 Å². The molecule has 1 aromatic rings. The molecule has 1 atom stereocenters. The molecule has 1 aromatic carbocycles. The van der Waals surface area contributed by atoms with Crippen molar-refractivity contribution >= 4 is 17.5 Å². The lowest BCUT2D eigenvalue weighted by molar-refractivity contribution is -0.385. The molecule has 0 aliphatic heterocycles. The number of ether oxygens (including phenoxy) is 1. The van der Waals surface area contributed by atoms with E-state index in [0.29, 0.717) is 17.8 Å². The largest absolute Gasteiger partial charge is 0.444 e. The number of anilines is 1. The predicted molar refractivity (Wildman–Crippen MR) is 89.9 cm³/mol. The average Bonchev–Trinajstić information content (AvgIpc) is 2.37. The van der Waals surface area contributed by atoms with E-state index in [-0.39, 0.29) is 11.7 Å². The van der Waals surface area contributed by atoms with E-state index in [1.807, 2.05) is 13.8 Å². The minimum absolute atomic E-state index is 0.0744. The summed E-state index contributed by atoms with van der Waals surface area (Å²) in [6.07, 6.45) is -0.488. The van der Waals surface area contributed by atoms with Gasteiger partial charge in [-0.1, -0.05) is 0 Å². The van der Waals surface area contributed by atoms with Crippen LogP contribution in [0.15, 0.2) is 12.1 Å². The Hall–Kier alpha value is -2.31. The van der Waals surface area contributed by atoms with Gasteiger partial charge in [-0.2, -0.15) is 0 Å². The molecule has 0 spiro atoms. The maximum atomic E-state index is 11.6. The first kappa shape index (κ1) is 18.7. The van der Waals surface area contributed by atoms with Gasteiger partial charge in [0.15, 0.2) is 0 Å². The van der Waals surface area contributed by atoms with E-state index in [0.717, 1.165) is 5.56 Å². The fraction of sp³-hybridized carbons (Fsp3) is 0.562. The molecule has 1 rings (SSSR count). The molecular formula is C16H25N3O4. The third kappa shape index (κ3) is 6.14. The van der Waals surface area contributed by atoms with Crippen molar-refractivity contribution in [3.63, 3.8) is 0 Å². The molecule has 2 N–H and O–H groups in total. The minimum Gasteiger partial charge on any atom is -0.444 e. The first-order valence-corrected chi connectivity index (χ1v) is 7.48. The standard InChI is InChI=1S/C16H25N3O4/c1-10-7-11(2)14(19(21)22)8-13(10)18-12(3)9-17-15(20)23-16(4,5)6/h7-8,12,18H,9H2,1-6H3,(H,17,20). The van der Waals surface area contributed by atoms with Gasteiger partial charge in [-0.05, 0) is 53.2 Å². The van der Waals surface area contributed by atoms with Crippen molar-refractivity contribution in [1.82, 2.24) is 5.32 Å². The molecule has 23 heavy (non-hydrogen) atoms. The summed E-state index contributed by atoms with van der Waals surface area (Å²) in [7, 11) is 0. The number of nitrogens with zero attached hydrogens (tertiary/aromatic N) is 1. The van der Waals surface area contributed by atoms with Gasteiger partial charge in [-0.15, -0.1) is 0 Å². The molecule has 0 radical (unpaired) electrons. The lowest BCUT2D eigenvalue weighted by atomic mass is 10.1. The molecule has 0 aliphatic rings. The molecule has 0 heterocycles. The van der Waals surface area contributed by atoms with Gasteiger partial charge >= 0.3 is 6.09 Å². The lowest BCUT2D eigenvalue weighted by Gasteiger charge is -2.22. The highest BCUT2D eigenvalue weighted by molar-refractivity contribution is 5.68. The predicted octanol–water partition coefficient (Wildman–Crippen LogP) is 3.54. The highest BCUT2D eigenvalue weighted by atomic mass is 16.6. The molecular weight excluding hydrogens is 298 g/mol. The summed E-state index contributed by atoms with van der Waals surface area (Å²) >= 11 is 0. The molecule has 7 heteroatoms. The number of nitrogens with one attached hydrogen (secondary N) is 2. The van der Waals surface area contributed by atoms with Gasteiger partial charge in [0, 0.05) is 29.9 Å². The van der Waals surface area contributed by atoms with Crippen LogP contribution in [-0.2, 0) is 4.74 Å². The van der Waals surface area contributed by atoms with E-state index in [1.54, 1.807) is 33.8 Å². The van der Waals surface area contributed by atoms with E-state index >= 15 is 0 Å². The number of nitro groups is 1. The minimum atomic E-state index is -0.547.